The molecular formula is C17H23ClN6O3S. The quantitative estimate of drug-likeness (QED) is 0.737. The second-order valence-electron chi connectivity index (χ2n) is 7.45. The fraction of sp³-hybridized carbons (Fsp3) is 0.588. The number of anilines is 1. The summed E-state index contributed by atoms with van der Waals surface area (Å²) in [5.74, 6) is 0.584. The molecular weight excluding hydrogens is 404 g/mol. The lowest BCUT2D eigenvalue weighted by atomic mass is 10.0. The van der Waals surface area contributed by atoms with Gasteiger partial charge < -0.3 is 10.4 Å². The van der Waals surface area contributed by atoms with Gasteiger partial charge in [-0.1, -0.05) is 25.4 Å². The molecule has 3 heterocycles. The summed E-state index contributed by atoms with van der Waals surface area (Å²) < 4.78 is 26.2. The molecule has 0 aliphatic carbocycles. The van der Waals surface area contributed by atoms with Gasteiger partial charge in [-0.15, -0.1) is 5.10 Å². The number of aliphatic hydroxyl groups excluding tert-OH is 1. The minimum Gasteiger partial charge on any atom is -0.390 e. The molecule has 0 unspecified atom stereocenters. The first-order chi connectivity index (χ1) is 13.1. The van der Waals surface area contributed by atoms with Crippen molar-refractivity contribution in [2.75, 3.05) is 24.7 Å². The van der Waals surface area contributed by atoms with E-state index in [0.29, 0.717) is 41.4 Å². The predicted octanol–water partition coefficient (Wildman–Crippen LogP) is 1.26. The molecule has 11 heteroatoms. The molecule has 28 heavy (non-hydrogen) atoms. The van der Waals surface area contributed by atoms with Gasteiger partial charge in [-0.2, -0.15) is 9.57 Å². The van der Waals surface area contributed by atoms with Crippen molar-refractivity contribution in [1.29, 1.82) is 5.26 Å². The number of nitrogens with one attached hydrogen (secondary N) is 1. The van der Waals surface area contributed by atoms with Crippen LogP contribution >= 0.6 is 11.6 Å². The highest BCUT2D eigenvalue weighted by Gasteiger charge is 2.32. The number of nitriles is 1. The highest BCUT2D eigenvalue weighted by Crippen LogP contribution is 2.29. The summed E-state index contributed by atoms with van der Waals surface area (Å²) in [5.41, 5.74) is 1.66. The van der Waals surface area contributed by atoms with Crippen molar-refractivity contribution in [2.45, 2.75) is 38.8 Å². The Bertz CT molecular complexity index is 1030. The average molecular weight is 427 g/mol. The molecule has 0 spiro atoms. The Balaban J connectivity index is 1.88. The maximum Gasteiger partial charge on any atom is 0.241 e. The second kappa shape index (κ2) is 7.83. The van der Waals surface area contributed by atoms with E-state index >= 15 is 0 Å². The molecule has 2 aromatic heterocycles. The topological polar surface area (TPSA) is 124 Å². The molecule has 152 valence electrons. The van der Waals surface area contributed by atoms with Crippen LogP contribution in [-0.2, 0) is 16.4 Å². The van der Waals surface area contributed by atoms with Crippen molar-refractivity contribution in [3.05, 3.63) is 22.5 Å². The normalized spacial score (nSPS) is 21.2. The number of rotatable bonds is 5. The average Bonchev–Trinajstić information content (AvgIpc) is 2.86. The first kappa shape index (κ1) is 20.8. The smallest absolute Gasteiger partial charge is 0.241 e. The van der Waals surface area contributed by atoms with E-state index in [1.165, 1.54) is 4.31 Å². The maximum atomic E-state index is 11.7. The van der Waals surface area contributed by atoms with Gasteiger partial charge in [-0.05, 0) is 18.8 Å². The van der Waals surface area contributed by atoms with Crippen LogP contribution in [0, 0.1) is 17.2 Å². The van der Waals surface area contributed by atoms with E-state index in [-0.39, 0.29) is 18.5 Å². The highest BCUT2D eigenvalue weighted by atomic mass is 35.5. The van der Waals surface area contributed by atoms with Crippen LogP contribution in [0.15, 0.2) is 6.20 Å². The standard InChI is InChI=1S/C17H23ClN6O3S/c1-10(2)6-13-11(7-19)16(18)14-8-20-17(22-24(13)14)21-12-4-5-23(9-15(12)25)28(3,26)27/h8,10,12,15,25H,4-6,9H2,1-3H3,(H,21,22)/t12-,15+/m1/s1. The Kier molecular flexibility index (Phi) is 5.82. The van der Waals surface area contributed by atoms with Gasteiger partial charge in [-0.3, -0.25) is 0 Å². The Morgan fingerprint density at radius 1 is 1.50 bits per heavy atom. The zero-order chi connectivity index (χ0) is 20.6. The van der Waals surface area contributed by atoms with E-state index in [2.05, 4.69) is 21.5 Å². The Morgan fingerprint density at radius 2 is 2.21 bits per heavy atom. The van der Waals surface area contributed by atoms with Crippen LogP contribution in [-0.4, -0.2) is 63.9 Å². The fourth-order valence-electron chi connectivity index (χ4n) is 3.36. The van der Waals surface area contributed by atoms with Crippen LogP contribution in [0.4, 0.5) is 5.95 Å². The van der Waals surface area contributed by atoms with Gasteiger partial charge in [0.15, 0.2) is 0 Å². The summed E-state index contributed by atoms with van der Waals surface area (Å²) in [6.07, 6.45) is 2.83. The Hall–Kier alpha value is -1.93. The van der Waals surface area contributed by atoms with E-state index in [0.717, 1.165) is 11.9 Å². The summed E-state index contributed by atoms with van der Waals surface area (Å²) in [5, 5.41) is 27.7. The van der Waals surface area contributed by atoms with Crippen molar-refractivity contribution in [2.24, 2.45) is 5.92 Å². The third kappa shape index (κ3) is 4.07. The molecule has 0 aromatic carbocycles. The Morgan fingerprint density at radius 3 is 2.79 bits per heavy atom. The molecule has 9 nitrogen and oxygen atoms in total. The molecule has 2 atom stereocenters. The number of hydrogen-bond donors (Lipinski definition) is 2. The van der Waals surface area contributed by atoms with Crippen LogP contribution in [0.2, 0.25) is 5.02 Å². The van der Waals surface area contributed by atoms with Crippen LogP contribution in [0.5, 0.6) is 0 Å². The zero-order valence-electron chi connectivity index (χ0n) is 15.9. The predicted molar refractivity (Wildman–Crippen MR) is 106 cm³/mol. The van der Waals surface area contributed by atoms with Gasteiger partial charge in [0.2, 0.25) is 16.0 Å². The number of halogens is 1. The zero-order valence-corrected chi connectivity index (χ0v) is 17.5. The van der Waals surface area contributed by atoms with E-state index < -0.39 is 16.1 Å². The lowest BCUT2D eigenvalue weighted by Crippen LogP contribution is -2.51. The SMILES string of the molecule is CC(C)Cc1c(C#N)c(Cl)c2cnc(N[C@@H]3CCN(S(C)(=O)=O)C[C@@H]3O)nn12. The summed E-state index contributed by atoms with van der Waals surface area (Å²) in [6, 6.07) is 1.76. The van der Waals surface area contributed by atoms with Crippen LogP contribution in [0.25, 0.3) is 5.52 Å². The number of aliphatic hydroxyl groups is 1. The lowest BCUT2D eigenvalue weighted by Gasteiger charge is -2.34. The first-order valence-corrected chi connectivity index (χ1v) is 11.2. The van der Waals surface area contributed by atoms with Crippen molar-refractivity contribution in [1.82, 2.24) is 18.9 Å². The Labute approximate surface area is 169 Å². The fourth-order valence-corrected chi connectivity index (χ4v) is 4.50. The van der Waals surface area contributed by atoms with Crippen molar-refractivity contribution < 1.29 is 13.5 Å². The van der Waals surface area contributed by atoms with E-state index in [1.54, 1.807) is 10.7 Å². The summed E-state index contributed by atoms with van der Waals surface area (Å²) in [7, 11) is -3.34. The van der Waals surface area contributed by atoms with Crippen LogP contribution in [0.3, 0.4) is 0 Å². The molecule has 2 N–H and O–H groups in total. The van der Waals surface area contributed by atoms with Gasteiger partial charge in [0, 0.05) is 13.1 Å². The molecule has 1 saturated heterocycles. The van der Waals surface area contributed by atoms with Gasteiger partial charge in [0.25, 0.3) is 0 Å². The number of fused-ring (bicyclic) bond motifs is 1. The van der Waals surface area contributed by atoms with Crippen molar-refractivity contribution >= 4 is 33.1 Å². The monoisotopic (exact) mass is 426 g/mol. The molecule has 0 bridgehead atoms. The number of nitrogens with zero attached hydrogens (tertiary/aromatic N) is 5. The summed E-state index contributed by atoms with van der Waals surface area (Å²) in [4.78, 5) is 4.25. The van der Waals surface area contributed by atoms with Gasteiger partial charge >= 0.3 is 0 Å². The van der Waals surface area contributed by atoms with E-state index in [4.69, 9.17) is 11.6 Å². The van der Waals surface area contributed by atoms with Crippen LogP contribution in [0.1, 0.15) is 31.5 Å². The summed E-state index contributed by atoms with van der Waals surface area (Å²) >= 11 is 6.33. The third-order valence-corrected chi connectivity index (χ3v) is 6.41. The number of β-amino-alcohol motifs (C(OH)–C–C–N with tert-alkyl or cyclic N) is 1. The molecule has 2 aromatic rings. The van der Waals surface area contributed by atoms with E-state index in [9.17, 15) is 18.8 Å². The van der Waals surface area contributed by atoms with E-state index in [1.807, 2.05) is 13.8 Å². The molecule has 0 radical (unpaired) electrons. The largest absolute Gasteiger partial charge is 0.390 e. The van der Waals surface area contributed by atoms with Crippen LogP contribution < -0.4 is 5.32 Å². The molecule has 1 aliphatic rings. The lowest BCUT2D eigenvalue weighted by molar-refractivity contribution is 0.0950. The van der Waals surface area contributed by atoms with Crippen molar-refractivity contribution in [3.63, 3.8) is 0 Å². The highest BCUT2D eigenvalue weighted by molar-refractivity contribution is 7.88. The first-order valence-electron chi connectivity index (χ1n) is 8.97. The molecule has 0 amide bonds. The maximum absolute atomic E-state index is 11.7. The van der Waals surface area contributed by atoms with Gasteiger partial charge in [0.1, 0.15) is 11.6 Å². The van der Waals surface area contributed by atoms with Gasteiger partial charge in [0.05, 0.1) is 40.9 Å². The molecule has 1 fully saturated rings. The third-order valence-electron chi connectivity index (χ3n) is 4.76. The van der Waals surface area contributed by atoms with Crippen molar-refractivity contribution in [3.8, 4) is 6.07 Å². The molecule has 3 rings (SSSR count). The molecule has 1 aliphatic heterocycles. The van der Waals surface area contributed by atoms with Gasteiger partial charge in [-0.25, -0.2) is 17.9 Å². The summed E-state index contributed by atoms with van der Waals surface area (Å²) in [6.45, 7) is 4.41. The minimum absolute atomic E-state index is 0.0191. The number of piperidine rings is 1. The number of sulfonamides is 1. The second-order valence-corrected chi connectivity index (χ2v) is 9.81. The number of hydrogen-bond acceptors (Lipinski definition) is 7. The number of aromatic nitrogens is 3. The minimum atomic E-state index is -3.34. The molecule has 0 saturated carbocycles.